The van der Waals surface area contributed by atoms with Crippen LogP contribution in [0.1, 0.15) is 18.1 Å². The quantitative estimate of drug-likeness (QED) is 0.350. The van der Waals surface area contributed by atoms with Gasteiger partial charge in [-0.15, -0.1) is 13.2 Å². The van der Waals surface area contributed by atoms with Crippen LogP contribution in [-0.2, 0) is 21.3 Å². The van der Waals surface area contributed by atoms with Crippen LogP contribution in [0.15, 0.2) is 6.07 Å². The summed E-state index contributed by atoms with van der Waals surface area (Å²) in [4.78, 5) is 14.3. The van der Waals surface area contributed by atoms with Crippen molar-refractivity contribution < 1.29 is 31.8 Å². The second-order valence-electron chi connectivity index (χ2n) is 3.57. The number of alkyl halides is 4. The summed E-state index contributed by atoms with van der Waals surface area (Å²) < 4.78 is 58.2. The zero-order valence-electron chi connectivity index (χ0n) is 10.3. The van der Waals surface area contributed by atoms with E-state index in [1.807, 2.05) is 0 Å². The Balaban J connectivity index is 3.03. The van der Waals surface area contributed by atoms with Crippen LogP contribution in [0.3, 0.4) is 0 Å². The minimum Gasteiger partial charge on any atom is -0.466 e. The number of nitrogens with zero attached hydrogens (tertiary/aromatic N) is 1. The Morgan fingerprint density at radius 1 is 1.40 bits per heavy atom. The summed E-state index contributed by atoms with van der Waals surface area (Å²) in [5, 5.41) is -0.0402. The number of hydrogen-bond donors (Lipinski definition) is 0. The van der Waals surface area contributed by atoms with Gasteiger partial charge in [-0.3, -0.25) is 4.79 Å². The summed E-state index contributed by atoms with van der Waals surface area (Å²) in [6.07, 6.45) is -5.39. The molecule has 0 unspecified atom stereocenters. The van der Waals surface area contributed by atoms with Crippen molar-refractivity contribution in [2.45, 2.75) is 25.0 Å². The number of pyridine rings is 1. The van der Waals surface area contributed by atoms with Crippen molar-refractivity contribution in [3.63, 3.8) is 0 Å². The molecule has 0 N–H and O–H groups in total. The SMILES string of the molecule is CCOC(=O)Cc1cc(CBr)c(OC(F)(F)F)nc1F. The lowest BCUT2D eigenvalue weighted by atomic mass is 10.1. The first-order valence-corrected chi connectivity index (χ1v) is 6.54. The average molecular weight is 360 g/mol. The molecule has 9 heteroatoms. The molecule has 0 atom stereocenters. The van der Waals surface area contributed by atoms with E-state index in [1.165, 1.54) is 0 Å². The third-order valence-electron chi connectivity index (χ3n) is 2.08. The monoisotopic (exact) mass is 359 g/mol. The van der Waals surface area contributed by atoms with E-state index in [0.29, 0.717) is 0 Å². The molecule has 1 aromatic heterocycles. The summed E-state index contributed by atoms with van der Waals surface area (Å²) in [6.45, 7) is 1.70. The van der Waals surface area contributed by atoms with Gasteiger partial charge in [-0.25, -0.2) is 0 Å². The molecule has 0 aliphatic heterocycles. The van der Waals surface area contributed by atoms with Crippen LogP contribution in [0.4, 0.5) is 17.6 Å². The lowest BCUT2D eigenvalue weighted by Gasteiger charge is -2.12. The number of carbonyl (C=O) groups excluding carboxylic acids is 1. The van der Waals surface area contributed by atoms with Gasteiger partial charge in [0.15, 0.2) is 0 Å². The van der Waals surface area contributed by atoms with Gasteiger partial charge in [-0.1, -0.05) is 15.9 Å². The normalized spacial score (nSPS) is 11.3. The zero-order chi connectivity index (χ0) is 15.3. The smallest absolute Gasteiger partial charge is 0.466 e. The molecule has 0 aromatic carbocycles. The van der Waals surface area contributed by atoms with Gasteiger partial charge < -0.3 is 9.47 Å². The number of hydrogen-bond acceptors (Lipinski definition) is 4. The number of halogens is 5. The van der Waals surface area contributed by atoms with Crippen LogP contribution in [0.25, 0.3) is 0 Å². The van der Waals surface area contributed by atoms with Gasteiger partial charge in [0.1, 0.15) is 0 Å². The molecule has 0 spiro atoms. The molecule has 0 saturated carbocycles. The highest BCUT2D eigenvalue weighted by Crippen LogP contribution is 2.27. The predicted octanol–water partition coefficient (Wildman–Crippen LogP) is 3.12. The van der Waals surface area contributed by atoms with Crippen LogP contribution >= 0.6 is 15.9 Å². The number of rotatable bonds is 5. The molecular weight excluding hydrogens is 350 g/mol. The third kappa shape index (κ3) is 4.95. The summed E-state index contributed by atoms with van der Waals surface area (Å²) in [6, 6.07) is 1.08. The Bertz CT molecular complexity index is 493. The highest BCUT2D eigenvalue weighted by molar-refractivity contribution is 9.08. The topological polar surface area (TPSA) is 48.4 Å². The van der Waals surface area contributed by atoms with Gasteiger partial charge in [0, 0.05) is 16.5 Å². The molecule has 1 aromatic rings. The van der Waals surface area contributed by atoms with Crippen molar-refractivity contribution in [2.24, 2.45) is 0 Å². The Morgan fingerprint density at radius 3 is 2.55 bits per heavy atom. The molecule has 0 radical (unpaired) electrons. The standard InChI is InChI=1S/C11H10BrF4NO3/c1-2-19-8(18)4-6-3-7(5-12)10(17-9(6)13)20-11(14,15)16/h3H,2,4-5H2,1H3. The first-order chi connectivity index (χ1) is 9.26. The van der Waals surface area contributed by atoms with Gasteiger partial charge in [-0.05, 0) is 13.0 Å². The third-order valence-corrected chi connectivity index (χ3v) is 2.69. The van der Waals surface area contributed by atoms with Gasteiger partial charge in [0.05, 0.1) is 13.0 Å². The summed E-state index contributed by atoms with van der Waals surface area (Å²) >= 11 is 2.95. The molecule has 20 heavy (non-hydrogen) atoms. The highest BCUT2D eigenvalue weighted by atomic mass is 79.9. The maximum Gasteiger partial charge on any atom is 0.574 e. The fourth-order valence-corrected chi connectivity index (χ4v) is 1.75. The van der Waals surface area contributed by atoms with E-state index < -0.39 is 30.6 Å². The summed E-state index contributed by atoms with van der Waals surface area (Å²) in [5.74, 6) is -2.79. The molecule has 0 bridgehead atoms. The molecular formula is C11H10BrF4NO3. The van der Waals surface area contributed by atoms with Crippen LogP contribution in [-0.4, -0.2) is 23.9 Å². The van der Waals surface area contributed by atoms with E-state index in [-0.39, 0.29) is 23.1 Å². The van der Waals surface area contributed by atoms with Crippen LogP contribution in [0.5, 0.6) is 5.88 Å². The van der Waals surface area contributed by atoms with E-state index in [9.17, 15) is 22.4 Å². The maximum absolute atomic E-state index is 13.6. The van der Waals surface area contributed by atoms with Crippen molar-refractivity contribution in [3.05, 3.63) is 23.1 Å². The number of ether oxygens (including phenoxy) is 2. The lowest BCUT2D eigenvalue weighted by molar-refractivity contribution is -0.276. The second-order valence-corrected chi connectivity index (χ2v) is 4.13. The van der Waals surface area contributed by atoms with Crippen LogP contribution in [0.2, 0.25) is 0 Å². The fourth-order valence-electron chi connectivity index (χ4n) is 1.35. The average Bonchev–Trinajstić information content (AvgIpc) is 2.31. The largest absolute Gasteiger partial charge is 0.574 e. The molecule has 4 nitrogen and oxygen atoms in total. The van der Waals surface area contributed by atoms with Crippen molar-refractivity contribution in [1.29, 1.82) is 0 Å². The van der Waals surface area contributed by atoms with Gasteiger partial charge >= 0.3 is 12.3 Å². The van der Waals surface area contributed by atoms with Crippen molar-refractivity contribution in [2.75, 3.05) is 6.61 Å². The number of esters is 1. The summed E-state index contributed by atoms with van der Waals surface area (Å²) in [7, 11) is 0. The van der Waals surface area contributed by atoms with Crippen molar-refractivity contribution >= 4 is 21.9 Å². The highest BCUT2D eigenvalue weighted by Gasteiger charge is 2.33. The van der Waals surface area contributed by atoms with Crippen molar-refractivity contribution in [3.8, 4) is 5.88 Å². The molecule has 112 valence electrons. The number of carbonyl (C=O) groups is 1. The van der Waals surface area contributed by atoms with Gasteiger partial charge in [0.2, 0.25) is 11.8 Å². The van der Waals surface area contributed by atoms with E-state index in [2.05, 4.69) is 30.4 Å². The molecule has 0 aliphatic rings. The first kappa shape index (κ1) is 16.7. The Morgan fingerprint density at radius 2 is 2.05 bits per heavy atom. The Labute approximate surface area is 120 Å². The summed E-state index contributed by atoms with van der Waals surface area (Å²) in [5.41, 5.74) is -0.185. The molecule has 1 heterocycles. The molecule has 0 amide bonds. The number of aromatic nitrogens is 1. The van der Waals surface area contributed by atoms with Gasteiger partial charge in [-0.2, -0.15) is 9.37 Å². The molecule has 1 rings (SSSR count). The Kier molecular flexibility index (Phi) is 5.73. The first-order valence-electron chi connectivity index (χ1n) is 5.42. The van der Waals surface area contributed by atoms with Crippen molar-refractivity contribution in [1.82, 2.24) is 4.98 Å². The maximum atomic E-state index is 13.6. The molecule has 0 fully saturated rings. The minimum atomic E-state index is -4.97. The zero-order valence-corrected chi connectivity index (χ0v) is 11.8. The fraction of sp³-hybridized carbons (Fsp3) is 0.455. The lowest BCUT2D eigenvalue weighted by Crippen LogP contribution is -2.20. The minimum absolute atomic E-state index is 0.0250. The Hall–Kier alpha value is -1.38. The van der Waals surface area contributed by atoms with E-state index in [4.69, 9.17) is 0 Å². The molecule has 0 saturated heterocycles. The van der Waals surface area contributed by atoms with E-state index in [0.717, 1.165) is 6.07 Å². The van der Waals surface area contributed by atoms with Crippen LogP contribution < -0.4 is 4.74 Å². The van der Waals surface area contributed by atoms with E-state index in [1.54, 1.807) is 6.92 Å². The van der Waals surface area contributed by atoms with E-state index >= 15 is 0 Å². The van der Waals surface area contributed by atoms with Crippen LogP contribution in [0, 0.1) is 5.95 Å². The molecule has 0 aliphatic carbocycles. The van der Waals surface area contributed by atoms with Gasteiger partial charge in [0.25, 0.3) is 0 Å². The second kappa shape index (κ2) is 6.87. The predicted molar refractivity (Wildman–Crippen MR) is 63.8 cm³/mol.